The van der Waals surface area contributed by atoms with Gasteiger partial charge in [-0.2, -0.15) is 10.2 Å². The Morgan fingerprint density at radius 2 is 1.83 bits per heavy atom. The van der Waals surface area contributed by atoms with E-state index in [4.69, 9.17) is 4.84 Å². The molecule has 0 radical (unpaired) electrons. The summed E-state index contributed by atoms with van der Waals surface area (Å²) in [4.78, 5) is 29.4. The zero-order valence-corrected chi connectivity index (χ0v) is 21.9. The van der Waals surface area contributed by atoms with Crippen LogP contribution in [-0.2, 0) is 11.9 Å². The minimum absolute atomic E-state index is 0.193. The number of nitrogens with zero attached hydrogens (tertiary/aromatic N) is 6. The van der Waals surface area contributed by atoms with E-state index in [0.717, 1.165) is 37.0 Å². The van der Waals surface area contributed by atoms with E-state index in [0.29, 0.717) is 22.5 Å². The van der Waals surface area contributed by atoms with Gasteiger partial charge in [0.05, 0.1) is 11.2 Å². The van der Waals surface area contributed by atoms with Crippen LogP contribution in [0.1, 0.15) is 63.3 Å². The number of hydrogen-bond donors (Lipinski definition) is 0. The van der Waals surface area contributed by atoms with Crippen LogP contribution < -0.4 is 10.6 Å². The number of fused-ring (bicyclic) bond motifs is 1. The van der Waals surface area contributed by atoms with E-state index in [1.54, 1.807) is 19.2 Å². The summed E-state index contributed by atoms with van der Waals surface area (Å²) in [6, 6.07) is 14.0. The van der Waals surface area contributed by atoms with Crippen molar-refractivity contribution in [3.8, 4) is 6.07 Å². The summed E-state index contributed by atoms with van der Waals surface area (Å²) in [5.74, 6) is 0.798. The summed E-state index contributed by atoms with van der Waals surface area (Å²) in [5.41, 5.74) is 4.15. The zero-order chi connectivity index (χ0) is 26.0. The Morgan fingerprint density at radius 1 is 1.14 bits per heavy atom. The average molecular weight is 487 g/mol. The first-order valence-electron chi connectivity index (χ1n) is 12.4. The van der Waals surface area contributed by atoms with Crippen molar-refractivity contribution in [1.82, 2.24) is 14.5 Å². The number of hydrogen-bond acceptors (Lipinski definition) is 7. The number of aryl methyl sites for hydroxylation is 2. The van der Waals surface area contributed by atoms with Gasteiger partial charge in [0.1, 0.15) is 22.9 Å². The maximum atomic E-state index is 12.6. The van der Waals surface area contributed by atoms with Crippen LogP contribution in [-0.4, -0.2) is 38.9 Å². The van der Waals surface area contributed by atoms with Crippen molar-refractivity contribution in [2.24, 2.45) is 18.1 Å². The maximum Gasteiger partial charge on any atom is 0.349 e. The molecule has 1 saturated carbocycles. The molecule has 0 amide bonds. The van der Waals surface area contributed by atoms with Crippen LogP contribution in [0.2, 0.25) is 0 Å². The molecule has 0 atom stereocenters. The van der Waals surface area contributed by atoms with Gasteiger partial charge in [0, 0.05) is 31.6 Å². The Labute approximate surface area is 212 Å². The lowest BCUT2D eigenvalue weighted by atomic mass is 9.80. The first-order valence-corrected chi connectivity index (χ1v) is 12.4. The fourth-order valence-corrected chi connectivity index (χ4v) is 4.82. The van der Waals surface area contributed by atoms with E-state index in [-0.39, 0.29) is 23.3 Å². The molecule has 1 fully saturated rings. The zero-order valence-electron chi connectivity index (χ0n) is 21.9. The summed E-state index contributed by atoms with van der Waals surface area (Å²) >= 11 is 0. The maximum absolute atomic E-state index is 12.6. The van der Waals surface area contributed by atoms with E-state index in [1.807, 2.05) is 40.0 Å². The molecule has 1 aliphatic rings. The number of pyridine rings is 1. The third-order valence-corrected chi connectivity index (χ3v) is 6.85. The third kappa shape index (κ3) is 5.25. The van der Waals surface area contributed by atoms with E-state index in [2.05, 4.69) is 45.1 Å². The van der Waals surface area contributed by atoms with Crippen LogP contribution in [0.5, 0.6) is 0 Å². The van der Waals surface area contributed by atoms with Crippen molar-refractivity contribution in [2.75, 3.05) is 11.9 Å². The van der Waals surface area contributed by atoms with Crippen molar-refractivity contribution in [2.45, 2.75) is 65.0 Å². The number of benzene rings is 1. The standard InChI is InChI=1S/C28H34N6O2/c1-18-9-7-8-10-22(18)24(32-36-28(2,3)4)19-11-14-21(15-12-19)33(5)26-25-23(34(6)27(35)31-26)16-13-20(17-29)30-25/h7-10,13,16,19,21H,11-12,14-15H2,1-6H3/b32-24-. The lowest BCUT2D eigenvalue weighted by molar-refractivity contribution is -0.0000375. The molecule has 3 aromatic rings. The summed E-state index contributed by atoms with van der Waals surface area (Å²) in [6.07, 6.45) is 3.71. The Balaban J connectivity index is 1.60. The van der Waals surface area contributed by atoms with E-state index < -0.39 is 0 Å². The summed E-state index contributed by atoms with van der Waals surface area (Å²) in [7, 11) is 3.64. The normalized spacial score (nSPS) is 18.6. The highest BCUT2D eigenvalue weighted by atomic mass is 16.6. The Morgan fingerprint density at radius 3 is 2.47 bits per heavy atom. The minimum Gasteiger partial charge on any atom is -0.390 e. The quantitative estimate of drug-likeness (QED) is 0.382. The van der Waals surface area contributed by atoms with Crippen LogP contribution in [0, 0.1) is 24.2 Å². The molecule has 0 unspecified atom stereocenters. The Hall–Kier alpha value is -3.73. The van der Waals surface area contributed by atoms with Crippen molar-refractivity contribution in [1.29, 1.82) is 5.26 Å². The molecule has 36 heavy (non-hydrogen) atoms. The van der Waals surface area contributed by atoms with Gasteiger partial charge in [0.2, 0.25) is 0 Å². The fraction of sp³-hybridized carbons (Fsp3) is 0.464. The van der Waals surface area contributed by atoms with Crippen LogP contribution in [0.25, 0.3) is 11.0 Å². The highest BCUT2D eigenvalue weighted by Crippen LogP contribution is 2.34. The van der Waals surface area contributed by atoms with Crippen molar-refractivity contribution in [3.05, 3.63) is 63.7 Å². The number of aromatic nitrogens is 3. The fourth-order valence-electron chi connectivity index (χ4n) is 4.82. The number of nitriles is 1. The molecule has 2 aromatic heterocycles. The van der Waals surface area contributed by atoms with E-state index in [1.165, 1.54) is 10.1 Å². The second kappa shape index (κ2) is 10.1. The molecule has 0 bridgehead atoms. The van der Waals surface area contributed by atoms with E-state index in [9.17, 15) is 10.1 Å². The number of anilines is 1. The molecule has 0 saturated heterocycles. The molecule has 1 aromatic carbocycles. The van der Waals surface area contributed by atoms with Crippen molar-refractivity contribution >= 4 is 22.6 Å². The lowest BCUT2D eigenvalue weighted by Gasteiger charge is -2.36. The average Bonchev–Trinajstić information content (AvgIpc) is 2.86. The second-order valence-corrected chi connectivity index (χ2v) is 10.6. The van der Waals surface area contributed by atoms with Crippen LogP contribution in [0.3, 0.4) is 0 Å². The first kappa shape index (κ1) is 25.4. The van der Waals surface area contributed by atoms with E-state index >= 15 is 0 Å². The molecule has 0 N–H and O–H groups in total. The summed E-state index contributed by atoms with van der Waals surface area (Å²) in [5, 5.41) is 14.0. The van der Waals surface area contributed by atoms with Gasteiger partial charge >= 0.3 is 5.69 Å². The molecule has 4 rings (SSSR count). The molecule has 1 aliphatic carbocycles. The molecule has 8 nitrogen and oxygen atoms in total. The molecular formula is C28H34N6O2. The topological polar surface area (TPSA) is 96.4 Å². The SMILES string of the molecule is Cc1ccccc1/C(=N\OC(C)(C)C)C1CCC(N(C)c2nc(=O)n(C)c3ccc(C#N)nc23)CC1. The number of oxime groups is 1. The predicted octanol–water partition coefficient (Wildman–Crippen LogP) is 4.72. The van der Waals surface area contributed by atoms with Crippen molar-refractivity contribution < 1.29 is 4.84 Å². The minimum atomic E-state index is -0.368. The van der Waals surface area contributed by atoms with Gasteiger partial charge in [-0.25, -0.2) is 9.78 Å². The molecular weight excluding hydrogens is 452 g/mol. The second-order valence-electron chi connectivity index (χ2n) is 10.6. The number of rotatable bonds is 5. The Bertz CT molecular complexity index is 1390. The Kier molecular flexibility index (Phi) is 7.11. The summed E-state index contributed by atoms with van der Waals surface area (Å²) < 4.78 is 1.47. The highest BCUT2D eigenvalue weighted by molar-refractivity contribution is 6.03. The van der Waals surface area contributed by atoms with Gasteiger partial charge in [-0.05, 0) is 71.1 Å². The molecule has 8 heteroatoms. The van der Waals surface area contributed by atoms with Gasteiger partial charge in [-0.1, -0.05) is 29.4 Å². The smallest absolute Gasteiger partial charge is 0.349 e. The predicted molar refractivity (Wildman–Crippen MR) is 142 cm³/mol. The van der Waals surface area contributed by atoms with Gasteiger partial charge in [0.25, 0.3) is 0 Å². The van der Waals surface area contributed by atoms with Crippen molar-refractivity contribution in [3.63, 3.8) is 0 Å². The van der Waals surface area contributed by atoms with Gasteiger partial charge < -0.3 is 9.74 Å². The van der Waals surface area contributed by atoms with Crippen LogP contribution in [0.4, 0.5) is 5.82 Å². The molecule has 188 valence electrons. The van der Waals surface area contributed by atoms with Gasteiger partial charge in [0.15, 0.2) is 5.82 Å². The molecule has 0 aliphatic heterocycles. The van der Waals surface area contributed by atoms with Crippen LogP contribution in [0.15, 0.2) is 46.3 Å². The summed E-state index contributed by atoms with van der Waals surface area (Å²) in [6.45, 7) is 8.12. The highest BCUT2D eigenvalue weighted by Gasteiger charge is 2.31. The first-order chi connectivity index (χ1) is 17.1. The molecule has 0 spiro atoms. The largest absolute Gasteiger partial charge is 0.390 e. The monoisotopic (exact) mass is 486 g/mol. The lowest BCUT2D eigenvalue weighted by Crippen LogP contribution is -2.39. The van der Waals surface area contributed by atoms with Crippen LogP contribution >= 0.6 is 0 Å². The third-order valence-electron chi connectivity index (χ3n) is 6.85. The van der Waals surface area contributed by atoms with Gasteiger partial charge in [-0.15, -0.1) is 0 Å². The molecule has 2 heterocycles. The van der Waals surface area contributed by atoms with Gasteiger partial charge in [-0.3, -0.25) is 4.57 Å².